The normalized spacial score (nSPS) is 13.2. The van der Waals surface area contributed by atoms with Crippen molar-refractivity contribution in [3.05, 3.63) is 47.5 Å². The third kappa shape index (κ3) is 2.41. The van der Waals surface area contributed by atoms with E-state index in [-0.39, 0.29) is 17.7 Å². The van der Waals surface area contributed by atoms with Crippen LogP contribution in [0.2, 0.25) is 0 Å². The molecule has 1 atom stereocenters. The highest BCUT2D eigenvalue weighted by Crippen LogP contribution is 2.30. The highest BCUT2D eigenvalue weighted by molar-refractivity contribution is 5.86. The van der Waals surface area contributed by atoms with Gasteiger partial charge in [-0.2, -0.15) is 5.26 Å². The first-order valence-electron chi connectivity index (χ1n) is 5.53. The zero-order valence-electron chi connectivity index (χ0n) is 10.4. The minimum Gasteiger partial charge on any atom is -0.463 e. The summed E-state index contributed by atoms with van der Waals surface area (Å²) < 4.78 is 4.81. The summed E-state index contributed by atoms with van der Waals surface area (Å²) in [7, 11) is 0. The molecule has 0 spiro atoms. The van der Waals surface area contributed by atoms with Crippen LogP contribution in [0, 0.1) is 18.3 Å². The lowest BCUT2D eigenvalue weighted by atomic mass is 9.87. The van der Waals surface area contributed by atoms with Gasteiger partial charge in [0.25, 0.3) is 0 Å². The van der Waals surface area contributed by atoms with Crippen molar-refractivity contribution in [2.45, 2.75) is 19.4 Å². The number of hydrogen-bond donors (Lipinski definition) is 1. The molecule has 0 radical (unpaired) electrons. The number of ether oxygens (including phenoxy) is 1. The van der Waals surface area contributed by atoms with Gasteiger partial charge < -0.3 is 9.84 Å². The minimum absolute atomic E-state index is 0.117. The summed E-state index contributed by atoms with van der Waals surface area (Å²) in [5.74, 6) is -0.889. The average molecular weight is 245 g/mol. The van der Waals surface area contributed by atoms with Crippen molar-refractivity contribution in [1.82, 2.24) is 0 Å². The zero-order chi connectivity index (χ0) is 13.8. The van der Waals surface area contributed by atoms with Gasteiger partial charge in [0.2, 0.25) is 5.60 Å². The SMILES string of the molecule is C=C(C#N)C(O)(C(=O)OCC)c1ccc(C)cc1. The van der Waals surface area contributed by atoms with E-state index in [2.05, 4.69) is 6.58 Å². The van der Waals surface area contributed by atoms with E-state index < -0.39 is 11.6 Å². The van der Waals surface area contributed by atoms with Crippen LogP contribution in [-0.2, 0) is 15.1 Å². The van der Waals surface area contributed by atoms with Gasteiger partial charge in [0, 0.05) is 5.56 Å². The van der Waals surface area contributed by atoms with Crippen LogP contribution in [0.3, 0.4) is 0 Å². The fraction of sp³-hybridized carbons (Fsp3) is 0.286. The quantitative estimate of drug-likeness (QED) is 0.649. The van der Waals surface area contributed by atoms with Crippen molar-refractivity contribution in [2.75, 3.05) is 6.61 Å². The molecule has 4 heteroatoms. The summed E-state index contributed by atoms with van der Waals surface area (Å²) >= 11 is 0. The molecule has 0 saturated heterocycles. The molecule has 1 aromatic rings. The summed E-state index contributed by atoms with van der Waals surface area (Å²) in [5, 5.41) is 19.3. The summed E-state index contributed by atoms with van der Waals surface area (Å²) in [6, 6.07) is 8.35. The van der Waals surface area contributed by atoms with Crippen molar-refractivity contribution < 1.29 is 14.6 Å². The smallest absolute Gasteiger partial charge is 0.348 e. The molecule has 0 aliphatic rings. The lowest BCUT2D eigenvalue weighted by Crippen LogP contribution is -2.38. The number of benzene rings is 1. The van der Waals surface area contributed by atoms with Crippen molar-refractivity contribution >= 4 is 5.97 Å². The highest BCUT2D eigenvalue weighted by atomic mass is 16.5. The molecule has 1 aromatic carbocycles. The Bertz CT molecular complexity index is 499. The zero-order valence-corrected chi connectivity index (χ0v) is 10.4. The number of esters is 1. The molecule has 0 aliphatic heterocycles. The maximum Gasteiger partial charge on any atom is 0.348 e. The van der Waals surface area contributed by atoms with E-state index in [9.17, 15) is 9.90 Å². The topological polar surface area (TPSA) is 70.3 Å². The molecule has 0 amide bonds. The Morgan fingerprint density at radius 3 is 2.50 bits per heavy atom. The Kier molecular flexibility index (Phi) is 4.24. The Morgan fingerprint density at radius 1 is 1.50 bits per heavy atom. The predicted molar refractivity (Wildman–Crippen MR) is 66.5 cm³/mol. The number of nitriles is 1. The van der Waals surface area contributed by atoms with Crippen molar-refractivity contribution in [3.63, 3.8) is 0 Å². The van der Waals surface area contributed by atoms with Gasteiger partial charge in [0.05, 0.1) is 18.2 Å². The molecule has 0 fully saturated rings. The monoisotopic (exact) mass is 245 g/mol. The molecule has 1 rings (SSSR count). The van der Waals surface area contributed by atoms with E-state index in [1.54, 1.807) is 37.3 Å². The van der Waals surface area contributed by atoms with Crippen LogP contribution < -0.4 is 0 Å². The van der Waals surface area contributed by atoms with E-state index in [0.29, 0.717) is 0 Å². The maximum atomic E-state index is 11.9. The van der Waals surface area contributed by atoms with Gasteiger partial charge in [-0.05, 0) is 13.8 Å². The van der Waals surface area contributed by atoms with Crippen LogP contribution in [0.25, 0.3) is 0 Å². The molecule has 0 aliphatic carbocycles. The highest BCUT2D eigenvalue weighted by Gasteiger charge is 2.42. The second-order valence-corrected chi connectivity index (χ2v) is 3.89. The van der Waals surface area contributed by atoms with Gasteiger partial charge in [-0.3, -0.25) is 0 Å². The van der Waals surface area contributed by atoms with E-state index in [0.717, 1.165) is 5.56 Å². The van der Waals surface area contributed by atoms with E-state index >= 15 is 0 Å². The summed E-state index contributed by atoms with van der Waals surface area (Å²) in [6.07, 6.45) is 0. The summed E-state index contributed by atoms with van der Waals surface area (Å²) in [6.45, 7) is 7.06. The molecular formula is C14H15NO3. The molecule has 0 heterocycles. The van der Waals surface area contributed by atoms with Crippen molar-refractivity contribution in [2.24, 2.45) is 0 Å². The third-order valence-electron chi connectivity index (χ3n) is 2.61. The first kappa shape index (κ1) is 13.9. The number of rotatable bonds is 4. The first-order chi connectivity index (χ1) is 8.46. The largest absolute Gasteiger partial charge is 0.463 e. The van der Waals surface area contributed by atoms with Gasteiger partial charge in [-0.1, -0.05) is 36.4 Å². The Labute approximate surface area is 106 Å². The molecule has 94 valence electrons. The van der Waals surface area contributed by atoms with E-state index in [1.165, 1.54) is 0 Å². The number of aryl methyl sites for hydroxylation is 1. The van der Waals surface area contributed by atoms with Crippen LogP contribution in [0.5, 0.6) is 0 Å². The van der Waals surface area contributed by atoms with Gasteiger partial charge in [-0.15, -0.1) is 0 Å². The molecule has 4 nitrogen and oxygen atoms in total. The number of aliphatic hydroxyl groups is 1. The molecule has 1 unspecified atom stereocenters. The van der Waals surface area contributed by atoms with Crippen LogP contribution in [-0.4, -0.2) is 17.7 Å². The summed E-state index contributed by atoms with van der Waals surface area (Å²) in [5.41, 5.74) is -1.12. The van der Waals surface area contributed by atoms with Gasteiger partial charge in [0.15, 0.2) is 0 Å². The second kappa shape index (κ2) is 5.48. The first-order valence-corrected chi connectivity index (χ1v) is 5.53. The predicted octanol–water partition coefficient (Wildman–Crippen LogP) is 1.83. The average Bonchev–Trinajstić information content (AvgIpc) is 2.37. The van der Waals surface area contributed by atoms with E-state index in [1.807, 2.05) is 6.92 Å². The second-order valence-electron chi connectivity index (χ2n) is 3.89. The summed E-state index contributed by atoms with van der Waals surface area (Å²) in [4.78, 5) is 11.9. The molecule has 18 heavy (non-hydrogen) atoms. The van der Waals surface area contributed by atoms with Crippen LogP contribution >= 0.6 is 0 Å². The van der Waals surface area contributed by atoms with Crippen LogP contribution in [0.4, 0.5) is 0 Å². The maximum absolute atomic E-state index is 11.9. The molecule has 0 bridgehead atoms. The third-order valence-corrected chi connectivity index (χ3v) is 2.61. The lowest BCUT2D eigenvalue weighted by molar-refractivity contribution is -0.161. The molecule has 0 saturated carbocycles. The van der Waals surface area contributed by atoms with Crippen LogP contribution in [0.1, 0.15) is 18.1 Å². The minimum atomic E-state index is -2.11. The number of carbonyl (C=O) groups excluding carboxylic acids is 1. The molecular weight excluding hydrogens is 230 g/mol. The van der Waals surface area contributed by atoms with Gasteiger partial charge in [-0.25, -0.2) is 4.79 Å². The lowest BCUT2D eigenvalue weighted by Gasteiger charge is -2.25. The molecule has 0 aromatic heterocycles. The number of nitrogens with zero attached hydrogens (tertiary/aromatic N) is 1. The van der Waals surface area contributed by atoms with Gasteiger partial charge >= 0.3 is 5.97 Å². The number of hydrogen-bond acceptors (Lipinski definition) is 4. The number of carbonyl (C=O) groups is 1. The Morgan fingerprint density at radius 2 is 2.06 bits per heavy atom. The van der Waals surface area contributed by atoms with Crippen molar-refractivity contribution in [1.29, 1.82) is 5.26 Å². The van der Waals surface area contributed by atoms with Crippen molar-refractivity contribution in [3.8, 4) is 6.07 Å². The Hall–Kier alpha value is -2.12. The Balaban J connectivity index is 3.29. The van der Waals surface area contributed by atoms with Gasteiger partial charge in [0.1, 0.15) is 0 Å². The molecule has 1 N–H and O–H groups in total. The van der Waals surface area contributed by atoms with Crippen LogP contribution in [0.15, 0.2) is 36.4 Å². The fourth-order valence-corrected chi connectivity index (χ4v) is 1.53. The van der Waals surface area contributed by atoms with E-state index in [4.69, 9.17) is 10.00 Å². The standard InChI is InChI=1S/C14H15NO3/c1-4-18-13(16)14(17,11(3)9-15)12-7-5-10(2)6-8-12/h5-8,17H,3-4H2,1-2H3. The fourth-order valence-electron chi connectivity index (χ4n) is 1.53.